The van der Waals surface area contributed by atoms with Gasteiger partial charge in [-0.25, -0.2) is 0 Å². The highest BCUT2D eigenvalue weighted by atomic mass is 35.5. The largest absolute Gasteiger partial charge is 0.492 e. The quantitative estimate of drug-likeness (QED) is 0.891. The molecular weight excluding hydrogens is 336 g/mol. The number of aryl methyl sites for hydroxylation is 1. The predicted octanol–water partition coefficient (Wildman–Crippen LogP) is 2.97. The fourth-order valence-corrected chi connectivity index (χ4v) is 2.94. The summed E-state index contributed by atoms with van der Waals surface area (Å²) in [6.07, 6.45) is 0.748. The van der Waals surface area contributed by atoms with Gasteiger partial charge >= 0.3 is 0 Å². The Kier molecular flexibility index (Phi) is 6.85. The smallest absolute Gasteiger partial charge is 0.239 e. The summed E-state index contributed by atoms with van der Waals surface area (Å²) in [6, 6.07) is 16.1. The highest BCUT2D eigenvalue weighted by Crippen LogP contribution is 2.17. The summed E-state index contributed by atoms with van der Waals surface area (Å²) in [4.78, 5) is 14.4. The predicted molar refractivity (Wildman–Crippen MR) is 102 cm³/mol. The van der Waals surface area contributed by atoms with Crippen LogP contribution in [-0.2, 0) is 17.8 Å². The average molecular weight is 361 g/mol. The number of carbonyl (C=O) groups is 1. The van der Waals surface area contributed by atoms with Crippen molar-refractivity contribution in [1.82, 2.24) is 10.2 Å². The van der Waals surface area contributed by atoms with Gasteiger partial charge in [0.05, 0.1) is 12.6 Å². The molecule has 3 rings (SSSR count). The van der Waals surface area contributed by atoms with Gasteiger partial charge in [0.15, 0.2) is 0 Å². The zero-order valence-corrected chi connectivity index (χ0v) is 15.5. The summed E-state index contributed by atoms with van der Waals surface area (Å²) in [5.41, 5.74) is 3.75. The molecule has 1 aliphatic rings. The van der Waals surface area contributed by atoms with Crippen LogP contribution in [0.15, 0.2) is 48.5 Å². The second-order valence-electron chi connectivity index (χ2n) is 6.33. The van der Waals surface area contributed by atoms with Gasteiger partial charge in [-0.1, -0.05) is 42.0 Å². The van der Waals surface area contributed by atoms with E-state index in [1.807, 2.05) is 50.4 Å². The minimum Gasteiger partial charge on any atom is -0.492 e. The molecule has 134 valence electrons. The van der Waals surface area contributed by atoms with Crippen LogP contribution in [0.1, 0.15) is 16.7 Å². The van der Waals surface area contributed by atoms with Crippen LogP contribution in [0.2, 0.25) is 0 Å². The molecule has 2 aromatic rings. The van der Waals surface area contributed by atoms with Gasteiger partial charge in [0.25, 0.3) is 0 Å². The first kappa shape index (κ1) is 19.3. The molecule has 0 spiro atoms. The average Bonchev–Trinajstić information content (AvgIpc) is 2.62. The Morgan fingerprint density at radius 2 is 1.84 bits per heavy atom. The fourth-order valence-electron chi connectivity index (χ4n) is 2.94. The van der Waals surface area contributed by atoms with Crippen LogP contribution in [0.25, 0.3) is 0 Å². The molecule has 1 amide bonds. The second-order valence-corrected chi connectivity index (χ2v) is 6.33. The van der Waals surface area contributed by atoms with Crippen molar-refractivity contribution in [2.24, 2.45) is 0 Å². The van der Waals surface area contributed by atoms with Crippen molar-refractivity contribution in [2.45, 2.75) is 25.9 Å². The van der Waals surface area contributed by atoms with Gasteiger partial charge in [0, 0.05) is 13.6 Å². The first-order valence-electron chi connectivity index (χ1n) is 8.38. The monoisotopic (exact) mass is 360 g/mol. The molecule has 4 nitrogen and oxygen atoms in total. The molecule has 0 saturated heterocycles. The SMILES string of the molecule is Cc1ccc(OCCN(C)C(=O)C2Cc3ccccc3CN2)cc1.Cl. The van der Waals surface area contributed by atoms with E-state index in [1.54, 1.807) is 4.90 Å². The lowest BCUT2D eigenvalue weighted by Crippen LogP contribution is -2.49. The van der Waals surface area contributed by atoms with Crippen molar-refractivity contribution in [3.8, 4) is 5.75 Å². The highest BCUT2D eigenvalue weighted by molar-refractivity contribution is 5.85. The van der Waals surface area contributed by atoms with E-state index in [-0.39, 0.29) is 24.4 Å². The zero-order chi connectivity index (χ0) is 16.9. The Labute approximate surface area is 155 Å². The minimum absolute atomic E-state index is 0. The van der Waals surface area contributed by atoms with Crippen molar-refractivity contribution in [3.63, 3.8) is 0 Å². The molecule has 1 atom stereocenters. The Morgan fingerprint density at radius 1 is 1.16 bits per heavy atom. The number of ether oxygens (including phenoxy) is 1. The maximum Gasteiger partial charge on any atom is 0.239 e. The van der Waals surface area contributed by atoms with E-state index in [2.05, 4.69) is 17.4 Å². The van der Waals surface area contributed by atoms with E-state index >= 15 is 0 Å². The number of rotatable bonds is 5. The van der Waals surface area contributed by atoms with Crippen LogP contribution in [-0.4, -0.2) is 37.0 Å². The molecule has 1 aliphatic heterocycles. The number of nitrogens with one attached hydrogen (secondary N) is 1. The molecule has 0 radical (unpaired) electrons. The molecule has 2 aromatic carbocycles. The third-order valence-electron chi connectivity index (χ3n) is 4.47. The number of hydrogen-bond acceptors (Lipinski definition) is 3. The maximum absolute atomic E-state index is 12.6. The Bertz CT molecular complexity index is 703. The lowest BCUT2D eigenvalue weighted by molar-refractivity contribution is -0.132. The molecule has 25 heavy (non-hydrogen) atoms. The van der Waals surface area contributed by atoms with E-state index in [9.17, 15) is 4.79 Å². The van der Waals surface area contributed by atoms with Crippen molar-refractivity contribution < 1.29 is 9.53 Å². The lowest BCUT2D eigenvalue weighted by Gasteiger charge is -2.29. The van der Waals surface area contributed by atoms with Crippen LogP contribution in [0, 0.1) is 6.92 Å². The maximum atomic E-state index is 12.6. The summed E-state index contributed by atoms with van der Waals surface area (Å²) in [5, 5.41) is 3.34. The molecule has 0 saturated carbocycles. The molecule has 1 unspecified atom stereocenters. The van der Waals surface area contributed by atoms with Crippen LogP contribution in [0.5, 0.6) is 5.75 Å². The Morgan fingerprint density at radius 3 is 2.56 bits per heavy atom. The first-order chi connectivity index (χ1) is 11.6. The van der Waals surface area contributed by atoms with Crippen molar-refractivity contribution in [1.29, 1.82) is 0 Å². The summed E-state index contributed by atoms with van der Waals surface area (Å²) in [5.74, 6) is 0.961. The third kappa shape index (κ3) is 4.97. The standard InChI is InChI=1S/C20H24N2O2.ClH/c1-15-7-9-18(10-8-15)24-12-11-22(2)20(23)19-13-16-5-3-4-6-17(16)14-21-19;/h3-10,19,21H,11-14H2,1-2H3;1H. The fraction of sp³-hybridized carbons (Fsp3) is 0.350. The molecule has 1 heterocycles. The molecular formula is C20H25ClN2O2. The van der Waals surface area contributed by atoms with E-state index in [4.69, 9.17) is 4.74 Å². The van der Waals surface area contributed by atoms with Crippen molar-refractivity contribution in [2.75, 3.05) is 20.2 Å². The third-order valence-corrected chi connectivity index (χ3v) is 4.47. The number of fused-ring (bicyclic) bond motifs is 1. The van der Waals surface area contributed by atoms with Crippen LogP contribution in [0.4, 0.5) is 0 Å². The molecule has 0 bridgehead atoms. The molecule has 0 aliphatic carbocycles. The van der Waals surface area contributed by atoms with E-state index in [1.165, 1.54) is 16.7 Å². The number of benzene rings is 2. The summed E-state index contributed by atoms with van der Waals surface area (Å²) in [6.45, 7) is 3.87. The van der Waals surface area contributed by atoms with Gasteiger partial charge in [0.1, 0.15) is 12.4 Å². The molecule has 0 fully saturated rings. The van der Waals surface area contributed by atoms with Crippen LogP contribution >= 0.6 is 12.4 Å². The zero-order valence-electron chi connectivity index (χ0n) is 14.7. The number of nitrogens with zero attached hydrogens (tertiary/aromatic N) is 1. The number of likely N-dealkylation sites (N-methyl/N-ethyl adjacent to an activating group) is 1. The first-order valence-corrected chi connectivity index (χ1v) is 8.38. The van der Waals surface area contributed by atoms with E-state index in [0.717, 1.165) is 18.7 Å². The van der Waals surface area contributed by atoms with Crippen LogP contribution in [0.3, 0.4) is 0 Å². The van der Waals surface area contributed by atoms with Gasteiger partial charge in [-0.05, 0) is 36.6 Å². The number of amides is 1. The summed E-state index contributed by atoms with van der Waals surface area (Å²) in [7, 11) is 1.84. The molecule has 5 heteroatoms. The lowest BCUT2D eigenvalue weighted by atomic mass is 9.95. The van der Waals surface area contributed by atoms with Gasteiger partial charge in [-0.2, -0.15) is 0 Å². The number of carbonyl (C=O) groups excluding carboxylic acids is 1. The molecule has 1 N–H and O–H groups in total. The molecule has 0 aromatic heterocycles. The number of halogens is 1. The minimum atomic E-state index is -0.149. The highest BCUT2D eigenvalue weighted by Gasteiger charge is 2.26. The van der Waals surface area contributed by atoms with Gasteiger partial charge in [-0.3, -0.25) is 4.79 Å². The normalized spacial score (nSPS) is 15.7. The van der Waals surface area contributed by atoms with E-state index in [0.29, 0.717) is 13.2 Å². The Balaban J connectivity index is 0.00000225. The second kappa shape index (κ2) is 8.88. The summed E-state index contributed by atoms with van der Waals surface area (Å²) >= 11 is 0. The number of hydrogen-bond donors (Lipinski definition) is 1. The van der Waals surface area contributed by atoms with E-state index < -0.39 is 0 Å². The topological polar surface area (TPSA) is 41.6 Å². The van der Waals surface area contributed by atoms with Gasteiger partial charge < -0.3 is 15.0 Å². The Hall–Kier alpha value is -2.04. The van der Waals surface area contributed by atoms with Crippen molar-refractivity contribution >= 4 is 18.3 Å². The van der Waals surface area contributed by atoms with Gasteiger partial charge in [-0.15, -0.1) is 12.4 Å². The van der Waals surface area contributed by atoms with Gasteiger partial charge in [0.2, 0.25) is 5.91 Å². The van der Waals surface area contributed by atoms with Crippen molar-refractivity contribution in [3.05, 3.63) is 65.2 Å². The van der Waals surface area contributed by atoms with Crippen LogP contribution < -0.4 is 10.1 Å². The summed E-state index contributed by atoms with van der Waals surface area (Å²) < 4.78 is 5.71.